The third-order valence-corrected chi connectivity index (χ3v) is 4.11. The van der Waals surface area contributed by atoms with Crippen molar-refractivity contribution in [1.29, 1.82) is 0 Å². The van der Waals surface area contributed by atoms with E-state index in [0.29, 0.717) is 0 Å². The Labute approximate surface area is 159 Å². The Morgan fingerprint density at radius 3 is 2.71 bits per heavy atom. The largest absolute Gasteiger partial charge is 0.416 e. The third-order valence-electron chi connectivity index (χ3n) is 4.11. The minimum Gasteiger partial charge on any atom is -0.380 e. The van der Waals surface area contributed by atoms with Gasteiger partial charge in [-0.05, 0) is 29.3 Å². The second-order valence-corrected chi connectivity index (χ2v) is 6.31. The Morgan fingerprint density at radius 2 is 2.00 bits per heavy atom. The van der Waals surface area contributed by atoms with Gasteiger partial charge in [0.1, 0.15) is 0 Å². The summed E-state index contributed by atoms with van der Waals surface area (Å²) in [6, 6.07) is 8.58. The quantitative estimate of drug-likeness (QED) is 0.688. The van der Waals surface area contributed by atoms with Gasteiger partial charge < -0.3 is 15.4 Å². The van der Waals surface area contributed by atoms with Gasteiger partial charge in [-0.1, -0.05) is 18.2 Å². The number of hydrogen-bond acceptors (Lipinski definition) is 3. The third kappa shape index (κ3) is 4.61. The van der Waals surface area contributed by atoms with Crippen molar-refractivity contribution in [3.8, 4) is 0 Å². The first-order chi connectivity index (χ1) is 13.3. The lowest BCUT2D eigenvalue weighted by molar-refractivity contribution is -0.138. The fourth-order valence-corrected chi connectivity index (χ4v) is 2.85. The molecule has 9 heteroatoms. The lowest BCUT2D eigenvalue weighted by Gasteiger charge is -2.15. The molecule has 0 aliphatic rings. The minimum atomic E-state index is -4.54. The van der Waals surface area contributed by atoms with Crippen molar-refractivity contribution in [3.63, 3.8) is 0 Å². The van der Waals surface area contributed by atoms with Crippen LogP contribution in [0.2, 0.25) is 0 Å². The molecule has 2 aromatic carbocycles. The predicted octanol–water partition coefficient (Wildman–Crippen LogP) is 4.06. The molecule has 148 valence electrons. The fraction of sp³-hybridized carbons (Fsp3) is 0.263. The van der Waals surface area contributed by atoms with Gasteiger partial charge in [0.15, 0.2) is 0 Å². The van der Waals surface area contributed by atoms with Crippen molar-refractivity contribution in [1.82, 2.24) is 15.1 Å². The zero-order chi connectivity index (χ0) is 20.3. The van der Waals surface area contributed by atoms with Crippen LogP contribution in [0.15, 0.2) is 42.6 Å². The summed E-state index contributed by atoms with van der Waals surface area (Å²) in [6.45, 7) is 0.0452. The van der Waals surface area contributed by atoms with Crippen LogP contribution in [0, 0.1) is 0 Å². The maximum absolute atomic E-state index is 13.2. The summed E-state index contributed by atoms with van der Waals surface area (Å²) in [5.41, 5.74) is 0.834. The van der Waals surface area contributed by atoms with Crippen molar-refractivity contribution >= 4 is 22.6 Å². The number of urea groups is 1. The number of nitrogens with one attached hydrogen (secondary N) is 2. The molecule has 1 aromatic heterocycles. The molecule has 0 fully saturated rings. The SMILES string of the molecule is COCc1ccc(NC(=O)NCc2ccc3cn(C)nc3c2)cc1C(F)(F)F. The van der Waals surface area contributed by atoms with Crippen LogP contribution in [0.25, 0.3) is 10.9 Å². The first kappa shape index (κ1) is 19.7. The van der Waals surface area contributed by atoms with E-state index in [4.69, 9.17) is 4.74 Å². The van der Waals surface area contributed by atoms with Gasteiger partial charge in [-0.15, -0.1) is 0 Å². The molecule has 0 spiro atoms. The number of aromatic nitrogens is 2. The molecule has 0 unspecified atom stereocenters. The summed E-state index contributed by atoms with van der Waals surface area (Å²) in [4.78, 5) is 12.1. The molecule has 3 aromatic rings. The molecule has 2 amide bonds. The number of fused-ring (bicyclic) bond motifs is 1. The van der Waals surface area contributed by atoms with Crippen LogP contribution in [0.1, 0.15) is 16.7 Å². The lowest BCUT2D eigenvalue weighted by atomic mass is 10.1. The smallest absolute Gasteiger partial charge is 0.380 e. The van der Waals surface area contributed by atoms with Gasteiger partial charge in [-0.25, -0.2) is 4.79 Å². The number of halogens is 3. The number of carbonyl (C=O) groups excluding carboxylic acids is 1. The van der Waals surface area contributed by atoms with Crippen LogP contribution in [-0.2, 0) is 31.1 Å². The number of alkyl halides is 3. The van der Waals surface area contributed by atoms with Crippen molar-refractivity contribution in [2.75, 3.05) is 12.4 Å². The normalized spacial score (nSPS) is 11.6. The molecule has 0 aliphatic heterocycles. The highest BCUT2D eigenvalue weighted by Crippen LogP contribution is 2.34. The number of rotatable bonds is 5. The molecule has 3 rings (SSSR count). The number of carbonyl (C=O) groups is 1. The molecule has 6 nitrogen and oxygen atoms in total. The first-order valence-electron chi connectivity index (χ1n) is 8.42. The molecule has 28 heavy (non-hydrogen) atoms. The van der Waals surface area contributed by atoms with Gasteiger partial charge in [0.25, 0.3) is 0 Å². The monoisotopic (exact) mass is 392 g/mol. The summed E-state index contributed by atoms with van der Waals surface area (Å²) in [5.74, 6) is 0. The molecule has 0 atom stereocenters. The number of anilines is 1. The average molecular weight is 392 g/mol. The van der Waals surface area contributed by atoms with Gasteiger partial charge in [-0.3, -0.25) is 4.68 Å². The Morgan fingerprint density at radius 1 is 1.21 bits per heavy atom. The average Bonchev–Trinajstić information content (AvgIpc) is 3.00. The molecule has 0 saturated heterocycles. The number of aryl methyl sites for hydroxylation is 1. The van der Waals surface area contributed by atoms with E-state index in [1.807, 2.05) is 31.4 Å². The highest BCUT2D eigenvalue weighted by atomic mass is 19.4. The second kappa shape index (κ2) is 7.89. The summed E-state index contributed by atoms with van der Waals surface area (Å²) < 4.78 is 46.1. The fourth-order valence-electron chi connectivity index (χ4n) is 2.85. The second-order valence-electron chi connectivity index (χ2n) is 6.31. The molecule has 0 bridgehead atoms. The molecular formula is C19H19F3N4O2. The number of nitrogens with zero attached hydrogens (tertiary/aromatic N) is 2. The van der Waals surface area contributed by atoms with E-state index < -0.39 is 17.8 Å². The van der Waals surface area contributed by atoms with Crippen LogP contribution in [0.3, 0.4) is 0 Å². The molecular weight excluding hydrogens is 373 g/mol. The van der Waals surface area contributed by atoms with Gasteiger partial charge in [-0.2, -0.15) is 18.3 Å². The molecule has 0 aliphatic carbocycles. The maximum Gasteiger partial charge on any atom is 0.416 e. The maximum atomic E-state index is 13.2. The molecule has 0 radical (unpaired) electrons. The minimum absolute atomic E-state index is 0.00428. The number of amides is 2. The Balaban J connectivity index is 1.66. The van der Waals surface area contributed by atoms with Crippen molar-refractivity contribution in [2.45, 2.75) is 19.3 Å². The molecule has 0 saturated carbocycles. The predicted molar refractivity (Wildman–Crippen MR) is 98.7 cm³/mol. The van der Waals surface area contributed by atoms with Gasteiger partial charge >= 0.3 is 12.2 Å². The van der Waals surface area contributed by atoms with Crippen LogP contribution in [0.4, 0.5) is 23.7 Å². The zero-order valence-electron chi connectivity index (χ0n) is 15.3. The highest BCUT2D eigenvalue weighted by Gasteiger charge is 2.33. The summed E-state index contributed by atoms with van der Waals surface area (Å²) >= 11 is 0. The Hall–Kier alpha value is -3.07. The van der Waals surface area contributed by atoms with E-state index in [-0.39, 0.29) is 24.4 Å². The summed E-state index contributed by atoms with van der Waals surface area (Å²) in [5, 5.41) is 10.3. The van der Waals surface area contributed by atoms with E-state index in [1.165, 1.54) is 19.2 Å². The van der Waals surface area contributed by atoms with Crippen molar-refractivity contribution in [2.24, 2.45) is 7.05 Å². The van der Waals surface area contributed by atoms with E-state index in [9.17, 15) is 18.0 Å². The van der Waals surface area contributed by atoms with Crippen LogP contribution >= 0.6 is 0 Å². The number of methoxy groups -OCH3 is 1. The zero-order valence-corrected chi connectivity index (χ0v) is 15.3. The lowest BCUT2D eigenvalue weighted by Crippen LogP contribution is -2.28. The number of ether oxygens (including phenoxy) is 1. The van der Waals surface area contributed by atoms with Gasteiger partial charge in [0.2, 0.25) is 0 Å². The van der Waals surface area contributed by atoms with Crippen molar-refractivity contribution < 1.29 is 22.7 Å². The van der Waals surface area contributed by atoms with Crippen molar-refractivity contribution in [3.05, 3.63) is 59.3 Å². The van der Waals surface area contributed by atoms with Crippen LogP contribution in [-0.4, -0.2) is 22.9 Å². The number of benzene rings is 2. The molecule has 2 N–H and O–H groups in total. The Bertz CT molecular complexity index is 998. The van der Waals surface area contributed by atoms with Gasteiger partial charge in [0.05, 0.1) is 17.7 Å². The molecule has 1 heterocycles. The van der Waals surface area contributed by atoms with Gasteiger partial charge in [0, 0.05) is 38.0 Å². The first-order valence-corrected chi connectivity index (χ1v) is 8.42. The van der Waals surface area contributed by atoms with Crippen LogP contribution in [0.5, 0.6) is 0 Å². The summed E-state index contributed by atoms with van der Waals surface area (Å²) in [7, 11) is 3.14. The topological polar surface area (TPSA) is 68.2 Å². The van der Waals surface area contributed by atoms with E-state index in [1.54, 1.807) is 4.68 Å². The standard InChI is InChI=1S/C19H19F3N4O2/c1-26-10-13-4-3-12(7-17(13)25-26)9-23-18(27)24-15-6-5-14(11-28-2)16(8-15)19(20,21)22/h3-8,10H,9,11H2,1-2H3,(H2,23,24,27). The van der Waals surface area contributed by atoms with Crippen LogP contribution < -0.4 is 10.6 Å². The van der Waals surface area contributed by atoms with E-state index >= 15 is 0 Å². The highest BCUT2D eigenvalue weighted by molar-refractivity contribution is 5.89. The number of hydrogen-bond donors (Lipinski definition) is 2. The van der Waals surface area contributed by atoms with E-state index in [2.05, 4.69) is 15.7 Å². The van der Waals surface area contributed by atoms with E-state index in [0.717, 1.165) is 22.5 Å². The Kier molecular flexibility index (Phi) is 5.55. The summed E-state index contributed by atoms with van der Waals surface area (Å²) in [6.07, 6.45) is -2.66.